The number of rotatable bonds is 6. The van der Waals surface area contributed by atoms with E-state index in [1.165, 1.54) is 4.90 Å². The van der Waals surface area contributed by atoms with E-state index in [2.05, 4.69) is 21.2 Å². The van der Waals surface area contributed by atoms with E-state index >= 15 is 0 Å². The van der Waals surface area contributed by atoms with Gasteiger partial charge in [0.25, 0.3) is 0 Å². The lowest BCUT2D eigenvalue weighted by molar-refractivity contribution is 0.0149. The average molecular weight is 469 g/mol. The SMILES string of the molecule is CC(C)(C)OC(=O)NC1CN(C(=O)OCc2ccccc2)CC1(O)C/C=C\CBr. The van der Waals surface area contributed by atoms with Gasteiger partial charge in [-0.2, -0.15) is 0 Å². The first kappa shape index (κ1) is 23.2. The summed E-state index contributed by atoms with van der Waals surface area (Å²) in [5.74, 6) is 0. The van der Waals surface area contributed by atoms with E-state index in [1.807, 2.05) is 42.5 Å². The number of nitrogens with zero attached hydrogens (tertiary/aromatic N) is 1. The molecule has 0 radical (unpaired) electrons. The zero-order chi connectivity index (χ0) is 21.5. The first-order valence-electron chi connectivity index (χ1n) is 9.51. The second-order valence-corrected chi connectivity index (χ2v) is 8.70. The molecule has 0 spiro atoms. The van der Waals surface area contributed by atoms with Gasteiger partial charge >= 0.3 is 12.2 Å². The Bertz CT molecular complexity index is 720. The van der Waals surface area contributed by atoms with E-state index in [4.69, 9.17) is 9.47 Å². The second kappa shape index (κ2) is 10.1. The number of alkyl halides is 1. The van der Waals surface area contributed by atoms with E-state index in [-0.39, 0.29) is 26.1 Å². The van der Waals surface area contributed by atoms with Crippen LogP contribution in [0.5, 0.6) is 0 Å². The van der Waals surface area contributed by atoms with Gasteiger partial charge < -0.3 is 24.8 Å². The van der Waals surface area contributed by atoms with Crippen molar-refractivity contribution >= 4 is 28.1 Å². The van der Waals surface area contributed by atoms with Crippen LogP contribution in [0.2, 0.25) is 0 Å². The van der Waals surface area contributed by atoms with E-state index in [1.54, 1.807) is 20.8 Å². The first-order chi connectivity index (χ1) is 13.6. The predicted molar refractivity (Wildman–Crippen MR) is 114 cm³/mol. The van der Waals surface area contributed by atoms with E-state index in [0.29, 0.717) is 5.33 Å². The molecule has 1 aromatic carbocycles. The number of hydrogen-bond acceptors (Lipinski definition) is 5. The summed E-state index contributed by atoms with van der Waals surface area (Å²) in [6.07, 6.45) is 2.78. The molecular weight excluding hydrogens is 440 g/mol. The van der Waals surface area contributed by atoms with Crippen LogP contribution in [0.3, 0.4) is 0 Å². The number of nitrogens with one attached hydrogen (secondary N) is 1. The number of β-amino-alcohol motifs (C(OH)–C–C–N with tert-alkyl or cyclic N) is 1. The number of allylic oxidation sites excluding steroid dienone is 1. The number of ether oxygens (including phenoxy) is 2. The molecule has 1 fully saturated rings. The predicted octanol–water partition coefficient (Wildman–Crippen LogP) is 3.60. The smallest absolute Gasteiger partial charge is 0.410 e. The van der Waals surface area contributed by atoms with E-state index in [9.17, 15) is 14.7 Å². The number of likely N-dealkylation sites (tertiary alicyclic amines) is 1. The fourth-order valence-electron chi connectivity index (χ4n) is 3.03. The van der Waals surface area contributed by atoms with Crippen LogP contribution in [0, 0.1) is 0 Å². The fraction of sp³-hybridized carbons (Fsp3) is 0.524. The largest absolute Gasteiger partial charge is 0.445 e. The third-order valence-corrected chi connectivity index (χ3v) is 4.77. The summed E-state index contributed by atoms with van der Waals surface area (Å²) >= 11 is 3.30. The van der Waals surface area contributed by atoms with Crippen molar-refractivity contribution in [3.05, 3.63) is 48.0 Å². The molecule has 0 saturated carbocycles. The van der Waals surface area contributed by atoms with Gasteiger partial charge in [-0.3, -0.25) is 0 Å². The van der Waals surface area contributed by atoms with Gasteiger partial charge in [0.2, 0.25) is 0 Å². The van der Waals surface area contributed by atoms with Crippen molar-refractivity contribution in [1.29, 1.82) is 0 Å². The number of alkyl carbamates (subject to hydrolysis) is 1. The molecular formula is C21H29BrN2O5. The van der Waals surface area contributed by atoms with Crippen LogP contribution in [0.15, 0.2) is 42.5 Å². The molecule has 1 saturated heterocycles. The molecule has 2 unspecified atom stereocenters. The maximum Gasteiger partial charge on any atom is 0.410 e. The van der Waals surface area contributed by atoms with Gasteiger partial charge in [0, 0.05) is 11.9 Å². The number of aliphatic hydroxyl groups is 1. The van der Waals surface area contributed by atoms with Gasteiger partial charge in [-0.05, 0) is 32.8 Å². The Morgan fingerprint density at radius 1 is 1.31 bits per heavy atom. The molecule has 29 heavy (non-hydrogen) atoms. The number of carbonyl (C=O) groups is 2. The molecule has 2 N–H and O–H groups in total. The molecule has 7 nitrogen and oxygen atoms in total. The molecule has 1 aromatic rings. The van der Waals surface area contributed by atoms with Crippen molar-refractivity contribution in [2.45, 2.75) is 51.0 Å². The average Bonchev–Trinajstić information content (AvgIpc) is 2.96. The number of amides is 2. The quantitative estimate of drug-likeness (QED) is 0.491. The first-order valence-corrected chi connectivity index (χ1v) is 10.6. The molecule has 2 rings (SSSR count). The summed E-state index contributed by atoms with van der Waals surface area (Å²) in [7, 11) is 0. The lowest BCUT2D eigenvalue weighted by Crippen LogP contribution is -2.52. The van der Waals surface area contributed by atoms with Crippen molar-refractivity contribution in [1.82, 2.24) is 10.2 Å². The lowest BCUT2D eigenvalue weighted by atomic mass is 9.94. The van der Waals surface area contributed by atoms with Crippen molar-refractivity contribution < 1.29 is 24.2 Å². The minimum absolute atomic E-state index is 0.0493. The number of hydrogen-bond donors (Lipinski definition) is 2. The summed E-state index contributed by atoms with van der Waals surface area (Å²) < 4.78 is 10.7. The summed E-state index contributed by atoms with van der Waals surface area (Å²) in [6.45, 7) is 5.61. The molecule has 2 atom stereocenters. The highest BCUT2D eigenvalue weighted by Gasteiger charge is 2.47. The zero-order valence-electron chi connectivity index (χ0n) is 17.1. The van der Waals surface area contributed by atoms with Crippen LogP contribution in [0.25, 0.3) is 0 Å². The van der Waals surface area contributed by atoms with Gasteiger partial charge in [-0.1, -0.05) is 58.4 Å². The lowest BCUT2D eigenvalue weighted by Gasteiger charge is -2.29. The minimum atomic E-state index is -1.32. The van der Waals surface area contributed by atoms with Gasteiger partial charge in [-0.15, -0.1) is 0 Å². The van der Waals surface area contributed by atoms with Gasteiger partial charge in [0.05, 0.1) is 12.6 Å². The second-order valence-electron chi connectivity index (χ2n) is 8.05. The molecule has 0 bridgehead atoms. The molecule has 8 heteroatoms. The number of benzene rings is 1. The molecule has 1 aliphatic heterocycles. The number of carbonyl (C=O) groups excluding carboxylic acids is 2. The minimum Gasteiger partial charge on any atom is -0.445 e. The third-order valence-electron chi connectivity index (χ3n) is 4.40. The molecule has 0 aromatic heterocycles. The van der Waals surface area contributed by atoms with Crippen molar-refractivity contribution in [3.63, 3.8) is 0 Å². The molecule has 1 aliphatic rings. The Hall–Kier alpha value is -2.06. The van der Waals surface area contributed by atoms with Crippen LogP contribution in [0.4, 0.5) is 9.59 Å². The normalized spacial score (nSPS) is 22.0. The maximum atomic E-state index is 12.5. The maximum absolute atomic E-state index is 12.5. The Morgan fingerprint density at radius 2 is 2.00 bits per heavy atom. The highest BCUT2D eigenvalue weighted by atomic mass is 79.9. The van der Waals surface area contributed by atoms with Crippen molar-refractivity contribution in [2.75, 3.05) is 18.4 Å². The van der Waals surface area contributed by atoms with Crippen LogP contribution < -0.4 is 5.32 Å². The molecule has 160 valence electrons. The van der Waals surface area contributed by atoms with Gasteiger partial charge in [-0.25, -0.2) is 9.59 Å². The zero-order valence-corrected chi connectivity index (χ0v) is 18.6. The fourth-order valence-corrected chi connectivity index (χ4v) is 3.30. The van der Waals surface area contributed by atoms with Crippen LogP contribution in [-0.2, 0) is 16.1 Å². The van der Waals surface area contributed by atoms with Gasteiger partial charge in [0.15, 0.2) is 0 Å². The van der Waals surface area contributed by atoms with Crippen LogP contribution in [-0.4, -0.2) is 57.9 Å². The highest BCUT2D eigenvalue weighted by molar-refractivity contribution is 9.09. The number of halogens is 1. The van der Waals surface area contributed by atoms with Crippen LogP contribution >= 0.6 is 15.9 Å². The molecule has 2 amide bonds. The summed E-state index contributed by atoms with van der Waals surface area (Å²) in [6, 6.07) is 8.68. The summed E-state index contributed by atoms with van der Waals surface area (Å²) in [5.41, 5.74) is -1.11. The standard InChI is InChI=1S/C21H29BrN2O5/c1-20(2,3)29-18(25)23-17-13-24(15-21(17,27)11-7-8-12-22)19(26)28-14-16-9-5-4-6-10-16/h4-10,17,27H,11-15H2,1-3H3,(H,23,25)/b8-7-. The van der Waals surface area contributed by atoms with E-state index in [0.717, 1.165) is 5.56 Å². The Labute approximate surface area is 180 Å². The monoisotopic (exact) mass is 468 g/mol. The molecule has 0 aliphatic carbocycles. The highest BCUT2D eigenvalue weighted by Crippen LogP contribution is 2.27. The Kier molecular flexibility index (Phi) is 8.10. The topological polar surface area (TPSA) is 88.1 Å². The summed E-state index contributed by atoms with van der Waals surface area (Å²) in [5, 5.41) is 14.5. The van der Waals surface area contributed by atoms with Crippen molar-refractivity contribution in [3.8, 4) is 0 Å². The Balaban J connectivity index is 2.04. The Morgan fingerprint density at radius 3 is 2.62 bits per heavy atom. The van der Waals surface area contributed by atoms with E-state index < -0.39 is 29.4 Å². The summed E-state index contributed by atoms with van der Waals surface area (Å²) in [4.78, 5) is 26.1. The third kappa shape index (κ3) is 7.36. The van der Waals surface area contributed by atoms with Crippen molar-refractivity contribution in [2.24, 2.45) is 0 Å². The van der Waals surface area contributed by atoms with Gasteiger partial charge in [0.1, 0.15) is 17.8 Å². The van der Waals surface area contributed by atoms with Crippen LogP contribution in [0.1, 0.15) is 32.8 Å². The molecule has 1 heterocycles.